The topological polar surface area (TPSA) is 86.7 Å². The molecule has 2 atom stereocenters. The number of piperidine rings is 1. The number of likely N-dealkylation sites (tertiary alicyclic amines) is 1. The number of anilines is 1. The highest BCUT2D eigenvalue weighted by atomic mass is 19.1. The average Bonchev–Trinajstić information content (AvgIpc) is 2.48. The zero-order chi connectivity index (χ0) is 17.1. The van der Waals surface area contributed by atoms with Gasteiger partial charge in [-0.25, -0.2) is 4.39 Å². The first-order chi connectivity index (χ1) is 10.8. The number of nitrogens with zero attached hydrogens (tertiary/aromatic N) is 1. The lowest BCUT2D eigenvalue weighted by atomic mass is 9.90. The summed E-state index contributed by atoms with van der Waals surface area (Å²) < 4.78 is 14.0. The highest BCUT2D eigenvalue weighted by Gasteiger charge is 2.36. The number of nitrogens with one attached hydrogen (secondary N) is 1. The van der Waals surface area contributed by atoms with Gasteiger partial charge in [-0.3, -0.25) is 14.4 Å². The number of carboxylic acids is 1. The third-order valence-electron chi connectivity index (χ3n) is 4.08. The summed E-state index contributed by atoms with van der Waals surface area (Å²) in [5, 5.41) is 11.7. The van der Waals surface area contributed by atoms with Crippen LogP contribution in [0.5, 0.6) is 0 Å². The maximum Gasteiger partial charge on any atom is 0.308 e. The number of halogens is 1. The molecule has 1 aromatic carbocycles. The molecule has 0 aromatic heterocycles. The Balaban J connectivity index is 2.28. The number of carbonyl (C=O) groups excluding carboxylic acids is 2. The van der Waals surface area contributed by atoms with Crippen molar-refractivity contribution < 1.29 is 23.9 Å². The third-order valence-corrected chi connectivity index (χ3v) is 4.08. The Kier molecular flexibility index (Phi) is 4.98. The summed E-state index contributed by atoms with van der Waals surface area (Å²) in [7, 11) is 0. The van der Waals surface area contributed by atoms with Crippen LogP contribution < -0.4 is 5.32 Å². The van der Waals surface area contributed by atoms with Crippen LogP contribution in [0.2, 0.25) is 0 Å². The Hall–Kier alpha value is -2.44. The van der Waals surface area contributed by atoms with E-state index in [0.717, 1.165) is 6.07 Å². The van der Waals surface area contributed by atoms with Crippen molar-refractivity contribution in [2.45, 2.75) is 32.7 Å². The molecular formula is C16H19FN2O4. The number of hydrogen-bond donors (Lipinski definition) is 2. The van der Waals surface area contributed by atoms with Gasteiger partial charge in [-0.15, -0.1) is 0 Å². The van der Waals surface area contributed by atoms with E-state index in [1.165, 1.54) is 24.0 Å². The Morgan fingerprint density at radius 3 is 2.65 bits per heavy atom. The summed E-state index contributed by atoms with van der Waals surface area (Å²) in [5.41, 5.74) is 0.149. The standard InChI is InChI=1S/C16H19FN2O4/c1-9-12(16(22)23)4-3-7-19(9)15(21)13-8-11(18-10(2)20)5-6-14(13)17/h5-6,8-9,12H,3-4,7H2,1-2H3,(H,18,20)(H,22,23)/t9-,12-/m1/s1. The molecule has 2 N–H and O–H groups in total. The van der Waals surface area contributed by atoms with Gasteiger partial charge in [-0.05, 0) is 38.0 Å². The highest BCUT2D eigenvalue weighted by molar-refractivity contribution is 5.97. The van der Waals surface area contributed by atoms with E-state index in [0.29, 0.717) is 25.1 Å². The number of amides is 2. The van der Waals surface area contributed by atoms with Crippen molar-refractivity contribution in [2.24, 2.45) is 5.92 Å². The van der Waals surface area contributed by atoms with Gasteiger partial charge in [0.2, 0.25) is 5.91 Å². The van der Waals surface area contributed by atoms with Crippen molar-refractivity contribution >= 4 is 23.5 Å². The van der Waals surface area contributed by atoms with Gasteiger partial charge in [0.25, 0.3) is 5.91 Å². The maximum absolute atomic E-state index is 14.0. The van der Waals surface area contributed by atoms with Gasteiger partial charge in [-0.1, -0.05) is 0 Å². The van der Waals surface area contributed by atoms with Crippen molar-refractivity contribution in [3.05, 3.63) is 29.6 Å². The molecule has 0 unspecified atom stereocenters. The molecule has 1 fully saturated rings. The van der Waals surface area contributed by atoms with E-state index in [4.69, 9.17) is 0 Å². The molecule has 0 bridgehead atoms. The number of carboxylic acid groups (broad SMARTS) is 1. The lowest BCUT2D eigenvalue weighted by Crippen LogP contribution is -2.49. The number of aliphatic carboxylic acids is 1. The molecule has 0 spiro atoms. The van der Waals surface area contributed by atoms with Crippen LogP contribution in [0.1, 0.15) is 37.0 Å². The van der Waals surface area contributed by atoms with E-state index in [9.17, 15) is 23.9 Å². The normalized spacial score (nSPS) is 20.9. The molecule has 1 aromatic rings. The van der Waals surface area contributed by atoms with Crippen molar-refractivity contribution in [1.82, 2.24) is 4.90 Å². The summed E-state index contributed by atoms with van der Waals surface area (Å²) in [6, 6.07) is 3.24. The summed E-state index contributed by atoms with van der Waals surface area (Å²) in [4.78, 5) is 36.3. The largest absolute Gasteiger partial charge is 0.481 e. The molecule has 0 aliphatic carbocycles. The van der Waals surface area contributed by atoms with Crippen LogP contribution in [0.25, 0.3) is 0 Å². The van der Waals surface area contributed by atoms with Gasteiger partial charge >= 0.3 is 5.97 Å². The summed E-state index contributed by atoms with van der Waals surface area (Å²) in [6.07, 6.45) is 1.05. The third kappa shape index (κ3) is 3.67. The number of carbonyl (C=O) groups is 3. The zero-order valence-electron chi connectivity index (χ0n) is 13.0. The van der Waals surface area contributed by atoms with Crippen molar-refractivity contribution in [3.63, 3.8) is 0 Å². The monoisotopic (exact) mass is 322 g/mol. The molecule has 2 amide bonds. The molecule has 0 radical (unpaired) electrons. The van der Waals surface area contributed by atoms with Crippen LogP contribution >= 0.6 is 0 Å². The summed E-state index contributed by atoms with van der Waals surface area (Å²) in [5.74, 6) is -3.20. The second-order valence-electron chi connectivity index (χ2n) is 5.70. The fourth-order valence-corrected chi connectivity index (χ4v) is 2.88. The quantitative estimate of drug-likeness (QED) is 0.892. The Morgan fingerprint density at radius 2 is 2.04 bits per heavy atom. The first kappa shape index (κ1) is 16.9. The molecule has 124 valence electrons. The van der Waals surface area contributed by atoms with Crippen molar-refractivity contribution in [3.8, 4) is 0 Å². The van der Waals surface area contributed by atoms with Gasteiger partial charge in [0.1, 0.15) is 5.82 Å². The van der Waals surface area contributed by atoms with E-state index >= 15 is 0 Å². The summed E-state index contributed by atoms with van der Waals surface area (Å²) >= 11 is 0. The van der Waals surface area contributed by atoms with Gasteiger partial charge in [0.05, 0.1) is 11.5 Å². The smallest absolute Gasteiger partial charge is 0.308 e. The van der Waals surface area contributed by atoms with E-state index in [1.54, 1.807) is 6.92 Å². The first-order valence-electron chi connectivity index (χ1n) is 7.42. The molecular weight excluding hydrogens is 303 g/mol. The van der Waals surface area contributed by atoms with Crippen LogP contribution in [-0.2, 0) is 9.59 Å². The van der Waals surface area contributed by atoms with E-state index < -0.39 is 29.7 Å². The molecule has 1 aliphatic heterocycles. The highest BCUT2D eigenvalue weighted by Crippen LogP contribution is 2.26. The molecule has 0 saturated carbocycles. The van der Waals surface area contributed by atoms with E-state index in [2.05, 4.69) is 5.32 Å². The van der Waals surface area contributed by atoms with Gasteiger partial charge < -0.3 is 15.3 Å². The zero-order valence-corrected chi connectivity index (χ0v) is 13.0. The number of hydrogen-bond acceptors (Lipinski definition) is 3. The van der Waals surface area contributed by atoms with Crippen molar-refractivity contribution in [2.75, 3.05) is 11.9 Å². The molecule has 6 nitrogen and oxygen atoms in total. The average molecular weight is 322 g/mol. The van der Waals surface area contributed by atoms with Crippen LogP contribution in [-0.4, -0.2) is 40.4 Å². The van der Waals surface area contributed by atoms with Gasteiger partial charge in [0.15, 0.2) is 0 Å². The fraction of sp³-hybridized carbons (Fsp3) is 0.438. The SMILES string of the molecule is CC(=O)Nc1ccc(F)c(C(=O)N2CCC[C@@H](C(=O)O)[C@H]2C)c1. The van der Waals surface area contributed by atoms with Crippen LogP contribution in [0.15, 0.2) is 18.2 Å². The summed E-state index contributed by atoms with van der Waals surface area (Å²) in [6.45, 7) is 3.36. The minimum atomic E-state index is -0.956. The lowest BCUT2D eigenvalue weighted by molar-refractivity contribution is -0.145. The van der Waals surface area contributed by atoms with Gasteiger partial charge in [0, 0.05) is 25.2 Å². The van der Waals surface area contributed by atoms with Gasteiger partial charge in [-0.2, -0.15) is 0 Å². The van der Waals surface area contributed by atoms with E-state index in [-0.39, 0.29) is 11.5 Å². The van der Waals surface area contributed by atoms with Crippen LogP contribution in [0, 0.1) is 11.7 Å². The first-order valence-corrected chi connectivity index (χ1v) is 7.42. The molecule has 1 aliphatic rings. The lowest BCUT2D eigenvalue weighted by Gasteiger charge is -2.37. The molecule has 2 rings (SSSR count). The number of rotatable bonds is 3. The number of benzene rings is 1. The fourth-order valence-electron chi connectivity index (χ4n) is 2.88. The predicted molar refractivity (Wildman–Crippen MR) is 81.6 cm³/mol. The Labute approximate surface area is 133 Å². The Bertz CT molecular complexity index is 647. The molecule has 23 heavy (non-hydrogen) atoms. The second kappa shape index (κ2) is 6.76. The van der Waals surface area contributed by atoms with Crippen LogP contribution in [0.4, 0.5) is 10.1 Å². The second-order valence-corrected chi connectivity index (χ2v) is 5.70. The minimum absolute atomic E-state index is 0.172. The Morgan fingerprint density at radius 1 is 1.35 bits per heavy atom. The minimum Gasteiger partial charge on any atom is -0.481 e. The maximum atomic E-state index is 14.0. The van der Waals surface area contributed by atoms with E-state index in [1.807, 2.05) is 0 Å². The molecule has 1 heterocycles. The molecule has 1 saturated heterocycles. The van der Waals surface area contributed by atoms with Crippen molar-refractivity contribution in [1.29, 1.82) is 0 Å². The molecule has 7 heteroatoms. The van der Waals surface area contributed by atoms with Crippen LogP contribution in [0.3, 0.4) is 0 Å². The predicted octanol–water partition coefficient (Wildman–Crippen LogP) is 2.11.